The van der Waals surface area contributed by atoms with Crippen LogP contribution < -0.4 is 5.32 Å². The number of carbonyl (C=O) groups excluding carboxylic acids is 3. The number of carbonyl (C=O) groups is 3. The molecule has 4 heterocycles. The van der Waals surface area contributed by atoms with Gasteiger partial charge in [-0.05, 0) is 24.1 Å². The lowest BCUT2D eigenvalue weighted by Gasteiger charge is -2.29. The maximum atomic E-state index is 12.9. The van der Waals surface area contributed by atoms with Gasteiger partial charge in [-0.1, -0.05) is 11.3 Å². The van der Waals surface area contributed by atoms with E-state index in [-0.39, 0.29) is 18.2 Å². The molecule has 11 nitrogen and oxygen atoms in total. The van der Waals surface area contributed by atoms with Gasteiger partial charge in [-0.25, -0.2) is 9.67 Å². The first-order chi connectivity index (χ1) is 14.6. The van der Waals surface area contributed by atoms with Crippen LogP contribution in [0.3, 0.4) is 0 Å². The molecule has 2 aliphatic rings. The van der Waals surface area contributed by atoms with Gasteiger partial charge in [-0.15, -0.1) is 5.10 Å². The molecule has 0 spiro atoms. The summed E-state index contributed by atoms with van der Waals surface area (Å²) in [7, 11) is 0. The lowest BCUT2D eigenvalue weighted by Crippen LogP contribution is -2.52. The number of nitrogens with zero attached hydrogens (tertiary/aromatic N) is 7. The van der Waals surface area contributed by atoms with Crippen LogP contribution in [0.15, 0.2) is 37.1 Å². The molecule has 0 aliphatic carbocycles. The lowest BCUT2D eigenvalue weighted by molar-refractivity contribution is -0.136. The molecular formula is C19H18N8O3. The van der Waals surface area contributed by atoms with Crippen molar-refractivity contribution in [1.82, 2.24) is 40.0 Å². The Morgan fingerprint density at radius 1 is 1.20 bits per heavy atom. The van der Waals surface area contributed by atoms with Crippen LogP contribution in [0.25, 0.3) is 5.69 Å². The van der Waals surface area contributed by atoms with Crippen molar-refractivity contribution in [2.45, 2.75) is 38.4 Å². The maximum absolute atomic E-state index is 12.9. The van der Waals surface area contributed by atoms with Gasteiger partial charge >= 0.3 is 0 Å². The fourth-order valence-corrected chi connectivity index (χ4v) is 3.80. The molecule has 1 saturated heterocycles. The smallest absolute Gasteiger partial charge is 0.255 e. The van der Waals surface area contributed by atoms with Gasteiger partial charge in [-0.2, -0.15) is 5.10 Å². The molecule has 152 valence electrons. The van der Waals surface area contributed by atoms with E-state index in [4.69, 9.17) is 0 Å². The highest BCUT2D eigenvalue weighted by molar-refractivity contribution is 6.05. The molecule has 0 radical (unpaired) electrons. The van der Waals surface area contributed by atoms with E-state index in [0.717, 1.165) is 11.3 Å². The number of fused-ring (bicyclic) bond motifs is 1. The van der Waals surface area contributed by atoms with Crippen LogP contribution in [-0.2, 0) is 29.1 Å². The summed E-state index contributed by atoms with van der Waals surface area (Å²) in [5, 5.41) is 14.7. The highest BCUT2D eigenvalue weighted by Gasteiger charge is 2.39. The lowest BCUT2D eigenvalue weighted by atomic mass is 10.0. The Kier molecular flexibility index (Phi) is 4.34. The predicted octanol–water partition coefficient (Wildman–Crippen LogP) is -0.137. The molecule has 11 heteroatoms. The Morgan fingerprint density at radius 2 is 2.10 bits per heavy atom. The van der Waals surface area contributed by atoms with E-state index in [1.165, 1.54) is 11.2 Å². The molecule has 30 heavy (non-hydrogen) atoms. The SMILES string of the molecule is O=C1CCC(N2Cc3ccc(-n4cc(CCn5cncn5)nn4)cc3C2=O)C(=O)N1. The summed E-state index contributed by atoms with van der Waals surface area (Å²) in [6.07, 6.45) is 6.17. The topological polar surface area (TPSA) is 128 Å². The Labute approximate surface area is 170 Å². The Morgan fingerprint density at radius 3 is 2.90 bits per heavy atom. The number of hydrogen-bond acceptors (Lipinski definition) is 7. The molecule has 1 unspecified atom stereocenters. The molecule has 2 aliphatic heterocycles. The largest absolute Gasteiger partial charge is 0.322 e. The third-order valence-electron chi connectivity index (χ3n) is 5.38. The minimum atomic E-state index is -0.624. The maximum Gasteiger partial charge on any atom is 0.255 e. The van der Waals surface area contributed by atoms with Crippen LogP contribution in [0.5, 0.6) is 0 Å². The second kappa shape index (κ2) is 7.17. The third kappa shape index (κ3) is 3.23. The molecule has 1 aromatic carbocycles. The van der Waals surface area contributed by atoms with E-state index in [1.54, 1.807) is 21.8 Å². The van der Waals surface area contributed by atoms with Crippen LogP contribution in [0.1, 0.15) is 34.5 Å². The van der Waals surface area contributed by atoms with Crippen molar-refractivity contribution >= 4 is 17.7 Å². The second-order valence-electron chi connectivity index (χ2n) is 7.30. The van der Waals surface area contributed by atoms with E-state index in [1.807, 2.05) is 18.3 Å². The first kappa shape index (κ1) is 18.2. The highest BCUT2D eigenvalue weighted by Crippen LogP contribution is 2.29. The standard InChI is InChI=1S/C19H18N8O3/c28-17-4-3-16(18(29)22-17)26-8-12-1-2-14(7-15(12)19(26)30)27-9-13(23-24-27)5-6-25-11-20-10-21-25/h1-2,7,9-11,16H,3-6,8H2,(H,22,28,29). The van der Waals surface area contributed by atoms with Crippen molar-refractivity contribution in [3.63, 3.8) is 0 Å². The van der Waals surface area contributed by atoms with Crippen LogP contribution in [0.2, 0.25) is 0 Å². The first-order valence-electron chi connectivity index (χ1n) is 9.60. The second-order valence-corrected chi connectivity index (χ2v) is 7.30. The average molecular weight is 406 g/mol. The Bertz CT molecular complexity index is 1140. The first-order valence-corrected chi connectivity index (χ1v) is 9.60. The van der Waals surface area contributed by atoms with E-state index in [2.05, 4.69) is 25.7 Å². The van der Waals surface area contributed by atoms with Gasteiger partial charge < -0.3 is 4.90 Å². The fourth-order valence-electron chi connectivity index (χ4n) is 3.80. The average Bonchev–Trinajstić information content (AvgIpc) is 3.47. The number of nitrogens with one attached hydrogen (secondary N) is 1. The fraction of sp³-hybridized carbons (Fsp3) is 0.316. The zero-order valence-electron chi connectivity index (χ0n) is 15.9. The number of piperidine rings is 1. The summed E-state index contributed by atoms with van der Waals surface area (Å²) in [6, 6.07) is 4.88. The molecule has 1 N–H and O–H groups in total. The van der Waals surface area contributed by atoms with Crippen LogP contribution in [-0.4, -0.2) is 58.4 Å². The number of amides is 3. The summed E-state index contributed by atoms with van der Waals surface area (Å²) >= 11 is 0. The number of rotatable bonds is 5. The number of aryl methyl sites for hydroxylation is 2. The molecule has 2 aromatic heterocycles. The minimum Gasteiger partial charge on any atom is -0.322 e. The van der Waals surface area contributed by atoms with Crippen molar-refractivity contribution in [3.8, 4) is 5.69 Å². The number of hydrogen-bond donors (Lipinski definition) is 1. The van der Waals surface area contributed by atoms with Gasteiger partial charge in [0.1, 0.15) is 18.7 Å². The highest BCUT2D eigenvalue weighted by atomic mass is 16.2. The molecule has 1 atom stereocenters. The van der Waals surface area contributed by atoms with Gasteiger partial charge in [0.15, 0.2) is 0 Å². The molecule has 3 aromatic rings. The van der Waals surface area contributed by atoms with Gasteiger partial charge in [0.25, 0.3) is 5.91 Å². The number of benzene rings is 1. The predicted molar refractivity (Wildman–Crippen MR) is 101 cm³/mol. The van der Waals surface area contributed by atoms with Crippen LogP contribution in [0.4, 0.5) is 0 Å². The molecule has 0 saturated carbocycles. The van der Waals surface area contributed by atoms with E-state index < -0.39 is 11.9 Å². The monoisotopic (exact) mass is 406 g/mol. The number of imide groups is 1. The Balaban J connectivity index is 1.32. The molecule has 0 bridgehead atoms. The molecule has 5 rings (SSSR count). The number of aromatic nitrogens is 6. The van der Waals surface area contributed by atoms with E-state index in [0.29, 0.717) is 37.2 Å². The Hall–Kier alpha value is -3.89. The van der Waals surface area contributed by atoms with Crippen molar-refractivity contribution in [2.24, 2.45) is 0 Å². The quantitative estimate of drug-likeness (QED) is 0.584. The van der Waals surface area contributed by atoms with Crippen molar-refractivity contribution in [3.05, 3.63) is 53.9 Å². The van der Waals surface area contributed by atoms with Crippen molar-refractivity contribution in [2.75, 3.05) is 0 Å². The molecule has 1 fully saturated rings. The van der Waals surface area contributed by atoms with Crippen molar-refractivity contribution in [1.29, 1.82) is 0 Å². The van der Waals surface area contributed by atoms with E-state index >= 15 is 0 Å². The summed E-state index contributed by atoms with van der Waals surface area (Å²) in [5.74, 6) is -0.928. The van der Waals surface area contributed by atoms with Gasteiger partial charge in [0.05, 0.1) is 17.6 Å². The van der Waals surface area contributed by atoms with Crippen LogP contribution in [0, 0.1) is 0 Å². The zero-order chi connectivity index (χ0) is 20.7. The van der Waals surface area contributed by atoms with Crippen molar-refractivity contribution < 1.29 is 14.4 Å². The summed E-state index contributed by atoms with van der Waals surface area (Å²) in [6.45, 7) is 0.990. The van der Waals surface area contributed by atoms with Gasteiger partial charge in [0.2, 0.25) is 11.8 Å². The van der Waals surface area contributed by atoms with Crippen LogP contribution >= 0.6 is 0 Å². The third-order valence-corrected chi connectivity index (χ3v) is 5.38. The minimum absolute atomic E-state index is 0.215. The normalized spacial score (nSPS) is 18.6. The summed E-state index contributed by atoms with van der Waals surface area (Å²) in [4.78, 5) is 41.9. The van der Waals surface area contributed by atoms with E-state index in [9.17, 15) is 14.4 Å². The summed E-state index contributed by atoms with van der Waals surface area (Å²) < 4.78 is 3.34. The molecule has 3 amide bonds. The van der Waals surface area contributed by atoms with Gasteiger partial charge in [-0.3, -0.25) is 24.4 Å². The zero-order valence-corrected chi connectivity index (χ0v) is 15.9. The van der Waals surface area contributed by atoms with Gasteiger partial charge in [0, 0.05) is 31.5 Å². The summed E-state index contributed by atoms with van der Waals surface area (Å²) in [5.41, 5.74) is 2.89. The molecular weight excluding hydrogens is 388 g/mol.